The van der Waals surface area contributed by atoms with Crippen LogP contribution in [0, 0.1) is 5.92 Å². The molecule has 0 saturated heterocycles. The summed E-state index contributed by atoms with van der Waals surface area (Å²) in [5.74, 6) is 0.0155. The molecule has 0 N–H and O–H groups in total. The van der Waals surface area contributed by atoms with E-state index in [0.29, 0.717) is 5.75 Å². The van der Waals surface area contributed by atoms with Gasteiger partial charge in [0.2, 0.25) is 0 Å². The van der Waals surface area contributed by atoms with Crippen LogP contribution in [-0.4, -0.2) is 11.7 Å². The summed E-state index contributed by atoms with van der Waals surface area (Å²) in [4.78, 5) is 12.4. The first kappa shape index (κ1) is 13.5. The Hall–Kier alpha value is -2.14. The lowest BCUT2D eigenvalue weighted by atomic mass is 9.88. The van der Waals surface area contributed by atoms with E-state index in [1.54, 1.807) is 0 Å². The van der Waals surface area contributed by atoms with Crippen LogP contribution in [-0.2, 0) is 4.79 Å². The Morgan fingerprint density at radius 1 is 1.18 bits per heavy atom. The highest BCUT2D eigenvalue weighted by atomic mass is 79.9. The molecule has 0 aliphatic carbocycles. The van der Waals surface area contributed by atoms with Gasteiger partial charge in [-0.1, -0.05) is 34.1 Å². The van der Waals surface area contributed by atoms with Gasteiger partial charge >= 0.3 is 5.97 Å². The maximum absolute atomic E-state index is 12.4. The van der Waals surface area contributed by atoms with E-state index in [0.717, 1.165) is 21.4 Å². The fourth-order valence-electron chi connectivity index (χ4n) is 3.09. The standard InChI is InChI=1S/C17H13BrN2O2/c1-10-15-16(20(19-10)12-5-3-2-4-6-12)13-9-11(18)7-8-14(13)22-17(15)21/h2-9,15-16H,1H3. The number of hydrazone groups is 1. The van der Waals surface area contributed by atoms with Gasteiger partial charge in [0.05, 0.1) is 17.4 Å². The SMILES string of the molecule is CC1=NN(c2ccccc2)C2c3cc(Br)ccc3OC(=O)C12. The van der Waals surface area contributed by atoms with E-state index in [9.17, 15) is 4.79 Å². The molecule has 0 bridgehead atoms. The second-order valence-electron chi connectivity index (χ2n) is 5.45. The molecule has 0 fully saturated rings. The highest BCUT2D eigenvalue weighted by Gasteiger charge is 2.47. The molecule has 0 radical (unpaired) electrons. The summed E-state index contributed by atoms with van der Waals surface area (Å²) >= 11 is 3.50. The lowest BCUT2D eigenvalue weighted by molar-refractivity contribution is -0.138. The van der Waals surface area contributed by atoms with Gasteiger partial charge in [-0.2, -0.15) is 5.10 Å². The van der Waals surface area contributed by atoms with Crippen LogP contribution < -0.4 is 9.75 Å². The second kappa shape index (κ2) is 4.95. The molecule has 0 spiro atoms. The van der Waals surface area contributed by atoms with Crippen LogP contribution >= 0.6 is 15.9 Å². The van der Waals surface area contributed by atoms with E-state index < -0.39 is 0 Å². The molecule has 110 valence electrons. The number of fused-ring (bicyclic) bond motifs is 3. The summed E-state index contributed by atoms with van der Waals surface area (Å²) in [7, 11) is 0. The lowest BCUT2D eigenvalue weighted by Gasteiger charge is -2.32. The van der Waals surface area contributed by atoms with Gasteiger partial charge < -0.3 is 4.74 Å². The van der Waals surface area contributed by atoms with Crippen molar-refractivity contribution in [2.75, 3.05) is 5.01 Å². The Kier molecular flexibility index (Phi) is 3.04. The maximum Gasteiger partial charge on any atom is 0.322 e. The Balaban J connectivity index is 1.88. The average Bonchev–Trinajstić information content (AvgIpc) is 2.88. The largest absolute Gasteiger partial charge is 0.426 e. The number of carbonyl (C=O) groups is 1. The third-order valence-electron chi connectivity index (χ3n) is 4.07. The molecule has 2 aliphatic rings. The molecular formula is C17H13BrN2O2. The molecule has 5 heteroatoms. The first-order valence-corrected chi connectivity index (χ1v) is 7.85. The summed E-state index contributed by atoms with van der Waals surface area (Å²) in [6.07, 6.45) is 0. The minimum atomic E-state index is -0.359. The highest BCUT2D eigenvalue weighted by Crippen LogP contribution is 2.46. The monoisotopic (exact) mass is 356 g/mol. The van der Waals surface area contributed by atoms with Crippen molar-refractivity contribution in [2.24, 2.45) is 11.0 Å². The third kappa shape index (κ3) is 1.96. The molecule has 22 heavy (non-hydrogen) atoms. The van der Waals surface area contributed by atoms with Crippen LogP contribution in [0.5, 0.6) is 5.75 Å². The number of benzene rings is 2. The normalized spacial score (nSPS) is 22.7. The smallest absolute Gasteiger partial charge is 0.322 e. The molecule has 2 unspecified atom stereocenters. The number of para-hydroxylation sites is 1. The molecule has 0 aromatic heterocycles. The quantitative estimate of drug-likeness (QED) is 0.574. The summed E-state index contributed by atoms with van der Waals surface area (Å²) in [5, 5.41) is 6.54. The Bertz CT molecular complexity index is 789. The zero-order valence-corrected chi connectivity index (χ0v) is 13.4. The minimum absolute atomic E-state index is 0.156. The minimum Gasteiger partial charge on any atom is -0.426 e. The Morgan fingerprint density at radius 2 is 1.95 bits per heavy atom. The van der Waals surface area contributed by atoms with Gasteiger partial charge in [0.1, 0.15) is 11.7 Å². The molecule has 4 rings (SSSR count). The van der Waals surface area contributed by atoms with Gasteiger partial charge in [-0.3, -0.25) is 9.80 Å². The van der Waals surface area contributed by atoms with Crippen molar-refractivity contribution in [3.05, 3.63) is 58.6 Å². The molecule has 0 saturated carbocycles. The van der Waals surface area contributed by atoms with E-state index in [2.05, 4.69) is 21.0 Å². The number of anilines is 1. The third-order valence-corrected chi connectivity index (χ3v) is 4.56. The van der Waals surface area contributed by atoms with E-state index in [1.807, 2.05) is 60.5 Å². The predicted octanol–water partition coefficient (Wildman–Crippen LogP) is 3.92. The zero-order chi connectivity index (χ0) is 15.3. The molecule has 2 aliphatic heterocycles. The van der Waals surface area contributed by atoms with Gasteiger partial charge in [-0.25, -0.2) is 0 Å². The average molecular weight is 357 g/mol. The van der Waals surface area contributed by atoms with Crippen molar-refractivity contribution in [3.63, 3.8) is 0 Å². The summed E-state index contributed by atoms with van der Waals surface area (Å²) < 4.78 is 6.45. The van der Waals surface area contributed by atoms with E-state index in [4.69, 9.17) is 4.74 Å². The highest BCUT2D eigenvalue weighted by molar-refractivity contribution is 9.10. The number of halogens is 1. The first-order chi connectivity index (χ1) is 10.6. The maximum atomic E-state index is 12.4. The Morgan fingerprint density at radius 3 is 2.73 bits per heavy atom. The van der Waals surface area contributed by atoms with Crippen LogP contribution in [0.2, 0.25) is 0 Å². The lowest BCUT2D eigenvalue weighted by Crippen LogP contribution is -2.37. The molecule has 2 aromatic rings. The van der Waals surface area contributed by atoms with E-state index in [1.165, 1.54) is 0 Å². The van der Waals surface area contributed by atoms with E-state index >= 15 is 0 Å². The topological polar surface area (TPSA) is 41.9 Å². The van der Waals surface area contributed by atoms with Crippen LogP contribution in [0.25, 0.3) is 0 Å². The number of ether oxygens (including phenoxy) is 1. The number of nitrogens with zero attached hydrogens (tertiary/aromatic N) is 2. The number of carbonyl (C=O) groups excluding carboxylic acids is 1. The van der Waals surface area contributed by atoms with Gasteiger partial charge in [0, 0.05) is 10.0 Å². The predicted molar refractivity (Wildman–Crippen MR) is 88.0 cm³/mol. The molecule has 0 amide bonds. The second-order valence-corrected chi connectivity index (χ2v) is 6.36. The molecular weight excluding hydrogens is 344 g/mol. The molecule has 2 atom stereocenters. The number of hydrogen-bond acceptors (Lipinski definition) is 4. The fourth-order valence-corrected chi connectivity index (χ4v) is 3.47. The number of esters is 1. The van der Waals surface area contributed by atoms with Gasteiger partial charge in [0.25, 0.3) is 0 Å². The zero-order valence-electron chi connectivity index (χ0n) is 11.9. The van der Waals surface area contributed by atoms with Crippen molar-refractivity contribution in [2.45, 2.75) is 13.0 Å². The van der Waals surface area contributed by atoms with Crippen molar-refractivity contribution < 1.29 is 9.53 Å². The van der Waals surface area contributed by atoms with Gasteiger partial charge in [-0.15, -0.1) is 0 Å². The fraction of sp³-hybridized carbons (Fsp3) is 0.176. The van der Waals surface area contributed by atoms with Crippen molar-refractivity contribution in [1.29, 1.82) is 0 Å². The summed E-state index contributed by atoms with van der Waals surface area (Å²) in [6.45, 7) is 1.88. The molecule has 4 nitrogen and oxygen atoms in total. The van der Waals surface area contributed by atoms with Crippen LogP contribution in [0.15, 0.2) is 58.1 Å². The van der Waals surface area contributed by atoms with Crippen molar-refractivity contribution in [3.8, 4) is 5.75 Å². The van der Waals surface area contributed by atoms with Crippen molar-refractivity contribution in [1.82, 2.24) is 0 Å². The molecule has 2 aromatic carbocycles. The van der Waals surface area contributed by atoms with Crippen LogP contribution in [0.1, 0.15) is 18.5 Å². The van der Waals surface area contributed by atoms with Gasteiger partial charge in [-0.05, 0) is 37.3 Å². The summed E-state index contributed by atoms with van der Waals surface area (Å²) in [5.41, 5.74) is 2.72. The van der Waals surface area contributed by atoms with Crippen LogP contribution in [0.4, 0.5) is 5.69 Å². The van der Waals surface area contributed by atoms with Crippen LogP contribution in [0.3, 0.4) is 0 Å². The Labute approximate surface area is 136 Å². The first-order valence-electron chi connectivity index (χ1n) is 7.05. The number of hydrogen-bond donors (Lipinski definition) is 0. The van der Waals surface area contributed by atoms with Crippen molar-refractivity contribution >= 4 is 33.3 Å². The van der Waals surface area contributed by atoms with Gasteiger partial charge in [0.15, 0.2) is 0 Å². The molecule has 2 heterocycles. The summed E-state index contributed by atoms with van der Waals surface area (Å²) in [6, 6.07) is 15.4. The van der Waals surface area contributed by atoms with E-state index in [-0.39, 0.29) is 17.9 Å². The number of rotatable bonds is 1.